The number of benzene rings is 2. The van der Waals surface area contributed by atoms with Crippen molar-refractivity contribution in [3.8, 4) is 22.8 Å². The molecule has 0 amide bonds. The van der Waals surface area contributed by atoms with Gasteiger partial charge in [0.15, 0.2) is 16.9 Å². The minimum Gasteiger partial charge on any atom is -0.503 e. The zero-order valence-electron chi connectivity index (χ0n) is 12.9. The molecule has 1 aromatic heterocycles. The number of halogens is 1. The number of fused-ring (bicyclic) bond motifs is 1. The molecule has 118 valence electrons. The molecule has 0 aliphatic carbocycles. The van der Waals surface area contributed by atoms with E-state index in [-0.39, 0.29) is 22.0 Å². The molecule has 3 rings (SSSR count). The van der Waals surface area contributed by atoms with E-state index in [4.69, 9.17) is 20.8 Å². The first-order chi connectivity index (χ1) is 10.9. The van der Waals surface area contributed by atoms with Crippen molar-refractivity contribution in [2.45, 2.75) is 13.8 Å². The van der Waals surface area contributed by atoms with Crippen LogP contribution in [-0.2, 0) is 0 Å². The molecule has 5 heteroatoms. The summed E-state index contributed by atoms with van der Waals surface area (Å²) in [7, 11) is 1.43. The zero-order chi connectivity index (χ0) is 16.7. The summed E-state index contributed by atoms with van der Waals surface area (Å²) >= 11 is 6.01. The first-order valence-corrected chi connectivity index (χ1v) is 7.40. The van der Waals surface area contributed by atoms with Gasteiger partial charge in [0.2, 0.25) is 0 Å². The molecule has 2 aromatic carbocycles. The molecule has 1 N–H and O–H groups in total. The minimum absolute atomic E-state index is 0.128. The van der Waals surface area contributed by atoms with Crippen molar-refractivity contribution < 1.29 is 14.3 Å². The quantitative estimate of drug-likeness (QED) is 0.754. The second kappa shape index (κ2) is 5.63. The number of aromatic hydroxyl groups is 1. The predicted octanol–water partition coefficient (Wildman–Crippen LogP) is 4.44. The van der Waals surface area contributed by atoms with Crippen molar-refractivity contribution in [2.75, 3.05) is 7.11 Å². The highest BCUT2D eigenvalue weighted by molar-refractivity contribution is 6.32. The Balaban J connectivity index is 2.30. The monoisotopic (exact) mass is 330 g/mol. The lowest BCUT2D eigenvalue weighted by atomic mass is 10.1. The molecule has 4 nitrogen and oxygen atoms in total. The van der Waals surface area contributed by atoms with E-state index in [1.165, 1.54) is 19.2 Å². The van der Waals surface area contributed by atoms with E-state index in [1.807, 2.05) is 26.0 Å². The average molecular weight is 331 g/mol. The lowest BCUT2D eigenvalue weighted by molar-refractivity contribution is 0.373. The summed E-state index contributed by atoms with van der Waals surface area (Å²) in [6, 6.07) is 8.30. The van der Waals surface area contributed by atoms with E-state index in [0.717, 1.165) is 11.1 Å². The molecule has 0 radical (unpaired) electrons. The molecule has 0 unspecified atom stereocenters. The fourth-order valence-corrected chi connectivity index (χ4v) is 2.83. The number of hydrogen-bond acceptors (Lipinski definition) is 4. The van der Waals surface area contributed by atoms with Crippen molar-refractivity contribution in [3.05, 3.63) is 56.7 Å². The lowest BCUT2D eigenvalue weighted by Gasteiger charge is -2.10. The Kier molecular flexibility index (Phi) is 3.78. The van der Waals surface area contributed by atoms with Gasteiger partial charge in [-0.1, -0.05) is 17.7 Å². The maximum absolute atomic E-state index is 12.4. The molecule has 0 spiro atoms. The largest absolute Gasteiger partial charge is 0.503 e. The molecule has 1 heterocycles. The van der Waals surface area contributed by atoms with Crippen LogP contribution in [0.1, 0.15) is 11.1 Å². The summed E-state index contributed by atoms with van der Waals surface area (Å²) in [6.45, 7) is 3.83. The first-order valence-electron chi connectivity index (χ1n) is 7.02. The Labute approximate surface area is 137 Å². The van der Waals surface area contributed by atoms with Gasteiger partial charge in [0, 0.05) is 11.6 Å². The summed E-state index contributed by atoms with van der Waals surface area (Å²) in [5.74, 6) is 0.443. The molecule has 0 fully saturated rings. The van der Waals surface area contributed by atoms with E-state index in [9.17, 15) is 9.90 Å². The van der Waals surface area contributed by atoms with Crippen LogP contribution < -0.4 is 10.2 Å². The number of methoxy groups -OCH3 is 1. The molecule has 0 saturated carbocycles. The third-order valence-electron chi connectivity index (χ3n) is 3.69. The number of rotatable bonds is 2. The number of hydrogen-bond donors (Lipinski definition) is 1. The van der Waals surface area contributed by atoms with Gasteiger partial charge in [-0.05, 0) is 43.2 Å². The van der Waals surface area contributed by atoms with Crippen molar-refractivity contribution in [1.82, 2.24) is 0 Å². The van der Waals surface area contributed by atoms with E-state index >= 15 is 0 Å². The van der Waals surface area contributed by atoms with Crippen molar-refractivity contribution in [2.24, 2.45) is 0 Å². The second-order valence-corrected chi connectivity index (χ2v) is 5.85. The van der Waals surface area contributed by atoms with Gasteiger partial charge in [-0.3, -0.25) is 4.79 Å². The van der Waals surface area contributed by atoms with Crippen LogP contribution in [0.5, 0.6) is 11.5 Å². The van der Waals surface area contributed by atoms with Crippen LogP contribution in [0.2, 0.25) is 5.02 Å². The number of ether oxygens (including phenoxy) is 1. The highest BCUT2D eigenvalue weighted by Gasteiger charge is 2.14. The fourth-order valence-electron chi connectivity index (χ4n) is 2.62. The van der Waals surface area contributed by atoms with Crippen molar-refractivity contribution >= 4 is 22.6 Å². The minimum atomic E-state index is -0.146. The zero-order valence-corrected chi connectivity index (χ0v) is 13.7. The third kappa shape index (κ3) is 2.66. The van der Waals surface area contributed by atoms with Gasteiger partial charge in [-0.15, -0.1) is 0 Å². The smallest absolute Gasteiger partial charge is 0.193 e. The van der Waals surface area contributed by atoms with Crippen LogP contribution in [0.15, 0.2) is 39.5 Å². The molecule has 0 bridgehead atoms. The van der Waals surface area contributed by atoms with Crippen LogP contribution in [0, 0.1) is 13.8 Å². The van der Waals surface area contributed by atoms with Gasteiger partial charge in [-0.2, -0.15) is 0 Å². The van der Waals surface area contributed by atoms with Gasteiger partial charge in [0.05, 0.1) is 17.5 Å². The van der Waals surface area contributed by atoms with Gasteiger partial charge in [-0.25, -0.2) is 0 Å². The molecule has 3 aromatic rings. The molecular formula is C18H15ClO4. The number of phenolic OH excluding ortho intramolecular Hbond substituents is 1. The van der Waals surface area contributed by atoms with Crippen LogP contribution >= 0.6 is 11.6 Å². The first kappa shape index (κ1) is 15.4. The topological polar surface area (TPSA) is 59.7 Å². The van der Waals surface area contributed by atoms with E-state index in [1.54, 1.807) is 6.07 Å². The van der Waals surface area contributed by atoms with Gasteiger partial charge >= 0.3 is 0 Å². The highest BCUT2D eigenvalue weighted by Crippen LogP contribution is 2.38. The third-order valence-corrected chi connectivity index (χ3v) is 3.98. The van der Waals surface area contributed by atoms with Crippen LogP contribution in [-0.4, -0.2) is 12.2 Å². The Morgan fingerprint density at radius 2 is 1.87 bits per heavy atom. The Morgan fingerprint density at radius 1 is 1.13 bits per heavy atom. The Morgan fingerprint density at radius 3 is 2.57 bits per heavy atom. The van der Waals surface area contributed by atoms with Crippen LogP contribution in [0.3, 0.4) is 0 Å². The number of aryl methyl sites for hydroxylation is 2. The van der Waals surface area contributed by atoms with Gasteiger partial charge in [0.25, 0.3) is 0 Å². The molecule has 0 aliphatic rings. The van der Waals surface area contributed by atoms with E-state index in [2.05, 4.69) is 0 Å². The summed E-state index contributed by atoms with van der Waals surface area (Å²) < 4.78 is 11.0. The summed E-state index contributed by atoms with van der Waals surface area (Å²) in [6.07, 6.45) is 0. The standard InChI is InChI=1S/C18H15ClO4/c1-9-4-10(2)18-12(5-9)14(20)8-15(23-18)11-6-13(19)17(21)16(7-11)22-3/h4-8,21H,1-3H3. The Bertz CT molecular complexity index is 973. The van der Waals surface area contributed by atoms with Gasteiger partial charge < -0.3 is 14.3 Å². The second-order valence-electron chi connectivity index (χ2n) is 5.44. The summed E-state index contributed by atoms with van der Waals surface area (Å²) in [5, 5.41) is 10.5. The maximum Gasteiger partial charge on any atom is 0.193 e. The predicted molar refractivity (Wildman–Crippen MR) is 90.6 cm³/mol. The van der Waals surface area contributed by atoms with Gasteiger partial charge in [0.1, 0.15) is 11.3 Å². The van der Waals surface area contributed by atoms with Crippen molar-refractivity contribution in [1.29, 1.82) is 0 Å². The highest BCUT2D eigenvalue weighted by atomic mass is 35.5. The maximum atomic E-state index is 12.4. The Hall–Kier alpha value is -2.46. The molecule has 0 saturated heterocycles. The van der Waals surface area contributed by atoms with E-state index < -0.39 is 0 Å². The molecular weight excluding hydrogens is 316 g/mol. The molecule has 0 atom stereocenters. The van der Waals surface area contributed by atoms with Crippen LogP contribution in [0.25, 0.3) is 22.3 Å². The van der Waals surface area contributed by atoms with Crippen LogP contribution in [0.4, 0.5) is 0 Å². The normalized spacial score (nSPS) is 11.0. The SMILES string of the molecule is COc1cc(-c2cc(=O)c3cc(C)cc(C)c3o2)cc(Cl)c1O. The molecule has 23 heavy (non-hydrogen) atoms. The number of phenols is 1. The summed E-state index contributed by atoms with van der Waals surface area (Å²) in [4.78, 5) is 12.4. The lowest BCUT2D eigenvalue weighted by Crippen LogP contribution is -2.02. The van der Waals surface area contributed by atoms with Crippen molar-refractivity contribution in [3.63, 3.8) is 0 Å². The average Bonchev–Trinajstić information content (AvgIpc) is 2.50. The molecule has 0 aliphatic heterocycles. The fraction of sp³-hybridized carbons (Fsp3) is 0.167. The van der Waals surface area contributed by atoms with E-state index in [0.29, 0.717) is 22.3 Å². The summed E-state index contributed by atoms with van der Waals surface area (Å²) in [5.41, 5.74) is 2.86.